The minimum atomic E-state index is -0.288. The molecule has 46 heavy (non-hydrogen) atoms. The second kappa shape index (κ2) is 35.9. The maximum atomic E-state index is 12.8. The van der Waals surface area contributed by atoms with E-state index < -0.39 is 0 Å². The molecule has 0 heterocycles. The molecule has 0 saturated heterocycles. The number of rotatable bonds is 36. The first kappa shape index (κ1) is 45.6. The smallest absolute Gasteiger partial charge is 0.319 e. The summed E-state index contributed by atoms with van der Waals surface area (Å²) in [4.78, 5) is 27.3. The molecule has 0 aromatic heterocycles. The van der Waals surface area contributed by atoms with Gasteiger partial charge in [0.25, 0.3) is 0 Å². The van der Waals surface area contributed by atoms with Gasteiger partial charge in [0, 0.05) is 6.61 Å². The number of thiol groups is 1. The third-order valence-electron chi connectivity index (χ3n) is 8.61. The van der Waals surface area contributed by atoms with Gasteiger partial charge in [-0.1, -0.05) is 117 Å². The molecule has 0 bridgehead atoms. The molecule has 0 aromatic carbocycles. The van der Waals surface area contributed by atoms with Crippen molar-refractivity contribution in [2.24, 2.45) is 0 Å². The third kappa shape index (κ3) is 29.7. The van der Waals surface area contributed by atoms with Crippen LogP contribution < -0.4 is 0 Å². The van der Waals surface area contributed by atoms with E-state index in [1.165, 1.54) is 51.4 Å². The van der Waals surface area contributed by atoms with E-state index in [0.717, 1.165) is 128 Å². The van der Waals surface area contributed by atoms with Gasteiger partial charge in [-0.25, -0.2) is 0 Å². The largest absolute Gasteiger partial charge is 0.465 e. The Balaban J connectivity index is 4.09. The Kier molecular flexibility index (Phi) is 35.5. The average molecular weight is 690 g/mol. The maximum absolute atomic E-state index is 12.8. The van der Waals surface area contributed by atoms with E-state index in [1.807, 2.05) is 11.8 Å². The summed E-state index contributed by atoms with van der Waals surface area (Å²) in [7, 11) is 0. The SMILES string of the molecule is CCCCCCCCCCSC(CCCC)C(=O)OCCCCCCN(CCCCO)CCCCCCOC(=O)C(S)CCCC. The van der Waals surface area contributed by atoms with E-state index in [4.69, 9.17) is 9.47 Å². The first-order valence-electron chi connectivity index (χ1n) is 19.5. The Morgan fingerprint density at radius 3 is 1.61 bits per heavy atom. The van der Waals surface area contributed by atoms with Crippen LogP contribution in [0.15, 0.2) is 0 Å². The van der Waals surface area contributed by atoms with Crippen LogP contribution in [-0.4, -0.2) is 77.7 Å². The summed E-state index contributed by atoms with van der Waals surface area (Å²) in [6.45, 7) is 11.1. The molecule has 0 aliphatic rings. The Morgan fingerprint density at radius 1 is 0.587 bits per heavy atom. The number of unbranched alkanes of at least 4 members (excludes halogenated alkanes) is 16. The molecule has 0 aromatic rings. The molecule has 0 aliphatic carbocycles. The van der Waals surface area contributed by atoms with Gasteiger partial charge in [0.2, 0.25) is 0 Å². The van der Waals surface area contributed by atoms with Crippen molar-refractivity contribution in [3.63, 3.8) is 0 Å². The van der Waals surface area contributed by atoms with E-state index in [0.29, 0.717) is 13.2 Å². The molecule has 6 nitrogen and oxygen atoms in total. The van der Waals surface area contributed by atoms with Crippen molar-refractivity contribution < 1.29 is 24.2 Å². The molecular weight excluding hydrogens is 615 g/mol. The van der Waals surface area contributed by atoms with Gasteiger partial charge in [-0.2, -0.15) is 12.6 Å². The molecule has 8 heteroatoms. The van der Waals surface area contributed by atoms with Crippen LogP contribution in [0.4, 0.5) is 0 Å². The van der Waals surface area contributed by atoms with Crippen LogP contribution in [0, 0.1) is 0 Å². The van der Waals surface area contributed by atoms with Gasteiger partial charge in [-0.3, -0.25) is 9.59 Å². The van der Waals surface area contributed by atoms with Crippen molar-refractivity contribution in [2.45, 2.75) is 185 Å². The monoisotopic (exact) mass is 690 g/mol. The quantitative estimate of drug-likeness (QED) is 0.0385. The zero-order valence-electron chi connectivity index (χ0n) is 30.5. The minimum absolute atomic E-state index is 0.00273. The molecule has 0 saturated carbocycles. The molecule has 274 valence electrons. The minimum Gasteiger partial charge on any atom is -0.465 e. The predicted molar refractivity (Wildman–Crippen MR) is 202 cm³/mol. The van der Waals surface area contributed by atoms with Crippen molar-refractivity contribution in [3.8, 4) is 0 Å². The van der Waals surface area contributed by atoms with Crippen LogP contribution >= 0.6 is 24.4 Å². The Bertz CT molecular complexity index is 669. The van der Waals surface area contributed by atoms with Crippen LogP contribution in [0.5, 0.6) is 0 Å². The summed E-state index contributed by atoms with van der Waals surface area (Å²) >= 11 is 6.18. The van der Waals surface area contributed by atoms with Gasteiger partial charge >= 0.3 is 11.9 Å². The highest BCUT2D eigenvalue weighted by Gasteiger charge is 2.20. The van der Waals surface area contributed by atoms with Crippen molar-refractivity contribution >= 4 is 36.3 Å². The standard InChI is InChI=1S/C38H75NO5S2/c1-4-7-10-11-12-13-18-25-34-46-36(27-9-6-3)38(42)44-33-24-17-15-20-29-39(30-21-22-31-40)28-19-14-16-23-32-43-37(41)35(45)26-8-5-2/h35-36,40,45H,4-34H2,1-3H3. The van der Waals surface area contributed by atoms with Gasteiger partial charge in [-0.05, 0) is 83.2 Å². The number of carbonyl (C=O) groups is 2. The van der Waals surface area contributed by atoms with E-state index >= 15 is 0 Å². The highest BCUT2D eigenvalue weighted by Crippen LogP contribution is 2.22. The molecule has 0 rings (SSSR count). The van der Waals surface area contributed by atoms with Crippen molar-refractivity contribution in [1.82, 2.24) is 4.90 Å². The van der Waals surface area contributed by atoms with Crippen LogP contribution in [-0.2, 0) is 19.1 Å². The lowest BCUT2D eigenvalue weighted by Crippen LogP contribution is -2.27. The number of esters is 2. The van der Waals surface area contributed by atoms with E-state index in [-0.39, 0.29) is 29.0 Å². The van der Waals surface area contributed by atoms with E-state index in [9.17, 15) is 14.7 Å². The van der Waals surface area contributed by atoms with Crippen molar-refractivity contribution in [2.75, 3.05) is 45.2 Å². The predicted octanol–water partition coefficient (Wildman–Crippen LogP) is 10.2. The number of carbonyl (C=O) groups excluding carboxylic acids is 2. The molecule has 2 atom stereocenters. The lowest BCUT2D eigenvalue weighted by Gasteiger charge is -2.22. The number of aliphatic hydroxyl groups excluding tert-OH is 1. The van der Waals surface area contributed by atoms with Crippen molar-refractivity contribution in [3.05, 3.63) is 0 Å². The van der Waals surface area contributed by atoms with E-state index in [1.54, 1.807) is 0 Å². The molecule has 0 spiro atoms. The summed E-state index contributed by atoms with van der Waals surface area (Å²) in [6.07, 6.45) is 27.1. The third-order valence-corrected chi connectivity index (χ3v) is 10.4. The summed E-state index contributed by atoms with van der Waals surface area (Å²) in [6, 6.07) is 0. The first-order valence-corrected chi connectivity index (χ1v) is 21.0. The van der Waals surface area contributed by atoms with Gasteiger partial charge in [0.15, 0.2) is 0 Å². The molecule has 0 aliphatic heterocycles. The molecule has 0 amide bonds. The van der Waals surface area contributed by atoms with Crippen LogP contribution in [0.3, 0.4) is 0 Å². The zero-order valence-corrected chi connectivity index (χ0v) is 32.2. The van der Waals surface area contributed by atoms with Gasteiger partial charge < -0.3 is 19.5 Å². The number of ether oxygens (including phenoxy) is 2. The second-order valence-corrected chi connectivity index (χ2v) is 15.0. The fourth-order valence-electron chi connectivity index (χ4n) is 5.53. The molecule has 1 N–H and O–H groups in total. The zero-order chi connectivity index (χ0) is 33.9. The molecular formula is C38H75NO5S2. The topological polar surface area (TPSA) is 76.1 Å². The van der Waals surface area contributed by atoms with Crippen LogP contribution in [0.25, 0.3) is 0 Å². The highest BCUT2D eigenvalue weighted by atomic mass is 32.2. The van der Waals surface area contributed by atoms with Gasteiger partial charge in [0.05, 0.1) is 18.5 Å². The summed E-state index contributed by atoms with van der Waals surface area (Å²) in [5, 5.41) is 8.93. The second-order valence-electron chi connectivity index (χ2n) is 13.1. The normalized spacial score (nSPS) is 12.8. The first-order chi connectivity index (χ1) is 22.5. The number of nitrogens with zero attached hydrogens (tertiary/aromatic N) is 1. The summed E-state index contributed by atoms with van der Waals surface area (Å²) in [5.41, 5.74) is 0. The van der Waals surface area contributed by atoms with E-state index in [2.05, 4.69) is 38.3 Å². The Labute approximate surface area is 295 Å². The lowest BCUT2D eigenvalue weighted by molar-refractivity contribution is -0.144. The Morgan fingerprint density at radius 2 is 1.04 bits per heavy atom. The average Bonchev–Trinajstić information content (AvgIpc) is 3.06. The number of aliphatic hydroxyl groups is 1. The summed E-state index contributed by atoms with van der Waals surface area (Å²) < 4.78 is 11.1. The van der Waals surface area contributed by atoms with Crippen molar-refractivity contribution in [1.29, 1.82) is 0 Å². The summed E-state index contributed by atoms with van der Waals surface area (Å²) in [5.74, 6) is 0.896. The fraction of sp³-hybridized carbons (Fsp3) is 0.947. The van der Waals surface area contributed by atoms with Gasteiger partial charge in [0.1, 0.15) is 5.25 Å². The number of hydrogen-bond donors (Lipinski definition) is 2. The highest BCUT2D eigenvalue weighted by molar-refractivity contribution is 8.00. The molecule has 0 fully saturated rings. The maximum Gasteiger partial charge on any atom is 0.319 e. The number of hydrogen-bond acceptors (Lipinski definition) is 8. The molecule has 2 unspecified atom stereocenters. The van der Waals surface area contributed by atoms with Crippen LogP contribution in [0.1, 0.15) is 175 Å². The fourth-order valence-corrected chi connectivity index (χ4v) is 6.98. The number of thioether (sulfide) groups is 1. The van der Waals surface area contributed by atoms with Gasteiger partial charge in [-0.15, -0.1) is 11.8 Å². The Hall–Kier alpha value is -0.440. The lowest BCUT2D eigenvalue weighted by atomic mass is 10.1. The molecule has 0 radical (unpaired) electrons. The van der Waals surface area contributed by atoms with Crippen LogP contribution in [0.2, 0.25) is 0 Å².